The van der Waals surface area contributed by atoms with Crippen molar-refractivity contribution in [1.82, 2.24) is 0 Å². The van der Waals surface area contributed by atoms with Crippen molar-refractivity contribution >= 4 is 33.5 Å². The first-order valence-corrected chi connectivity index (χ1v) is 5.34. The fraction of sp³-hybridized carbons (Fsp3) is 0.200. The molecule has 0 saturated carbocycles. The number of alkyl halides is 1. The normalized spacial score (nSPS) is 11.9. The summed E-state index contributed by atoms with van der Waals surface area (Å²) in [6, 6.07) is 3.72. The van der Waals surface area contributed by atoms with Crippen molar-refractivity contribution in [3.05, 3.63) is 23.8 Å². The van der Waals surface area contributed by atoms with Crippen LogP contribution in [0.2, 0.25) is 0 Å². The number of carbonyl (C=O) groups is 2. The monoisotopic (exact) mass is 287 g/mol. The molecule has 1 unspecified atom stereocenters. The van der Waals surface area contributed by atoms with Gasteiger partial charge in [-0.05, 0) is 25.1 Å². The summed E-state index contributed by atoms with van der Waals surface area (Å²) in [5, 5.41) is 20.6. The number of amides is 1. The molecule has 0 aromatic heterocycles. The molecule has 0 radical (unpaired) electrons. The van der Waals surface area contributed by atoms with Gasteiger partial charge in [0, 0.05) is 0 Å². The van der Waals surface area contributed by atoms with Crippen LogP contribution in [0.4, 0.5) is 5.69 Å². The van der Waals surface area contributed by atoms with Crippen molar-refractivity contribution in [1.29, 1.82) is 0 Å². The second-order valence-corrected chi connectivity index (χ2v) is 4.52. The average molecular weight is 288 g/mol. The molecule has 0 aliphatic rings. The van der Waals surface area contributed by atoms with Crippen LogP contribution in [0.5, 0.6) is 5.75 Å². The van der Waals surface area contributed by atoms with Crippen molar-refractivity contribution < 1.29 is 19.8 Å². The highest BCUT2D eigenvalue weighted by molar-refractivity contribution is 9.10. The molecule has 0 fully saturated rings. The van der Waals surface area contributed by atoms with Gasteiger partial charge in [-0.25, -0.2) is 4.79 Å². The van der Waals surface area contributed by atoms with Gasteiger partial charge < -0.3 is 15.5 Å². The van der Waals surface area contributed by atoms with E-state index in [1.165, 1.54) is 12.1 Å². The summed E-state index contributed by atoms with van der Waals surface area (Å²) in [5.41, 5.74) is 0.142. The third-order valence-corrected chi connectivity index (χ3v) is 2.28. The molecule has 0 heterocycles. The van der Waals surface area contributed by atoms with E-state index in [9.17, 15) is 14.7 Å². The van der Waals surface area contributed by atoms with Crippen LogP contribution >= 0.6 is 15.9 Å². The number of aromatic carboxylic acids is 1. The molecule has 0 bridgehead atoms. The van der Waals surface area contributed by atoms with Crippen LogP contribution in [0.1, 0.15) is 17.3 Å². The van der Waals surface area contributed by atoms with Gasteiger partial charge in [0.1, 0.15) is 5.75 Å². The lowest BCUT2D eigenvalue weighted by molar-refractivity contribution is -0.115. The molecular weight excluding hydrogens is 278 g/mol. The number of hydrogen-bond acceptors (Lipinski definition) is 3. The maximum atomic E-state index is 11.3. The van der Waals surface area contributed by atoms with Crippen LogP contribution in [-0.4, -0.2) is 26.9 Å². The predicted molar refractivity (Wildman–Crippen MR) is 62.1 cm³/mol. The van der Waals surface area contributed by atoms with Gasteiger partial charge in [-0.3, -0.25) is 4.79 Å². The summed E-state index contributed by atoms with van der Waals surface area (Å²) in [7, 11) is 0. The number of nitrogens with one attached hydrogen (secondary N) is 1. The van der Waals surface area contributed by atoms with E-state index in [0.717, 1.165) is 6.07 Å². The Bertz CT molecular complexity index is 431. The number of carbonyl (C=O) groups excluding carboxylic acids is 1. The van der Waals surface area contributed by atoms with Crippen molar-refractivity contribution in [2.75, 3.05) is 5.32 Å². The Balaban J connectivity index is 2.91. The van der Waals surface area contributed by atoms with E-state index < -0.39 is 10.8 Å². The number of hydrogen-bond donors (Lipinski definition) is 3. The van der Waals surface area contributed by atoms with Gasteiger partial charge >= 0.3 is 5.97 Å². The molecule has 1 rings (SSSR count). The number of phenolic OH excluding ortho intramolecular Hbond substituents is 1. The standard InChI is InChI=1S/C10H10BrNO4/c1-5(11)9(14)12-7-3-2-6(10(15)16)4-8(7)13/h2-5,13H,1H3,(H,12,14)(H,15,16). The highest BCUT2D eigenvalue weighted by Gasteiger charge is 2.12. The second kappa shape index (κ2) is 4.98. The molecule has 3 N–H and O–H groups in total. The zero-order chi connectivity index (χ0) is 12.3. The third kappa shape index (κ3) is 2.96. The molecule has 1 atom stereocenters. The highest BCUT2D eigenvalue weighted by Crippen LogP contribution is 2.24. The van der Waals surface area contributed by atoms with Crippen LogP contribution in [0.3, 0.4) is 0 Å². The third-order valence-electron chi connectivity index (χ3n) is 1.86. The number of aromatic hydroxyl groups is 1. The van der Waals surface area contributed by atoms with Crippen molar-refractivity contribution in [3.8, 4) is 5.75 Å². The molecule has 86 valence electrons. The minimum absolute atomic E-state index is 0.0395. The Hall–Kier alpha value is -1.56. The molecule has 0 aliphatic carbocycles. The van der Waals surface area contributed by atoms with E-state index in [2.05, 4.69) is 21.2 Å². The summed E-state index contributed by atoms with van der Waals surface area (Å²) < 4.78 is 0. The highest BCUT2D eigenvalue weighted by atomic mass is 79.9. The minimum Gasteiger partial charge on any atom is -0.506 e. The van der Waals surface area contributed by atoms with Gasteiger partial charge in [-0.1, -0.05) is 15.9 Å². The number of rotatable bonds is 3. The van der Waals surface area contributed by atoms with Gasteiger partial charge in [-0.2, -0.15) is 0 Å². The molecule has 0 saturated heterocycles. The molecule has 0 spiro atoms. The Morgan fingerprint density at radius 3 is 2.50 bits per heavy atom. The van der Waals surface area contributed by atoms with Gasteiger partial charge in [0.15, 0.2) is 0 Å². The smallest absolute Gasteiger partial charge is 0.335 e. The summed E-state index contributed by atoms with van der Waals surface area (Å²) in [6.07, 6.45) is 0. The number of halogens is 1. The Labute approximate surface area is 100 Å². The molecule has 6 heteroatoms. The van der Waals surface area contributed by atoms with E-state index in [4.69, 9.17) is 5.11 Å². The molecular formula is C10H10BrNO4. The van der Waals surface area contributed by atoms with Gasteiger partial charge in [-0.15, -0.1) is 0 Å². The van der Waals surface area contributed by atoms with E-state index in [-0.39, 0.29) is 22.9 Å². The van der Waals surface area contributed by atoms with Gasteiger partial charge in [0.25, 0.3) is 0 Å². The number of carboxylic acids is 1. The fourth-order valence-corrected chi connectivity index (χ4v) is 1.12. The molecule has 1 amide bonds. The topological polar surface area (TPSA) is 86.6 Å². The summed E-state index contributed by atoms with van der Waals surface area (Å²) in [6.45, 7) is 1.64. The molecule has 1 aromatic rings. The fourth-order valence-electron chi connectivity index (χ4n) is 1.00. The van der Waals surface area contributed by atoms with Crippen LogP contribution in [0.15, 0.2) is 18.2 Å². The Morgan fingerprint density at radius 2 is 2.06 bits per heavy atom. The zero-order valence-corrected chi connectivity index (χ0v) is 9.98. The summed E-state index contributed by atoms with van der Waals surface area (Å²) >= 11 is 3.07. The molecule has 16 heavy (non-hydrogen) atoms. The average Bonchev–Trinajstić information content (AvgIpc) is 2.20. The van der Waals surface area contributed by atoms with E-state index in [1.807, 2.05) is 0 Å². The first kappa shape index (κ1) is 12.5. The van der Waals surface area contributed by atoms with E-state index >= 15 is 0 Å². The lowest BCUT2D eigenvalue weighted by Gasteiger charge is -2.08. The number of phenols is 1. The van der Waals surface area contributed by atoms with Crippen molar-refractivity contribution in [2.45, 2.75) is 11.8 Å². The Kier molecular flexibility index (Phi) is 3.89. The van der Waals surface area contributed by atoms with Crippen LogP contribution < -0.4 is 5.32 Å². The van der Waals surface area contributed by atoms with E-state index in [1.54, 1.807) is 6.92 Å². The lowest BCUT2D eigenvalue weighted by atomic mass is 10.2. The van der Waals surface area contributed by atoms with Gasteiger partial charge in [0.05, 0.1) is 16.1 Å². The Morgan fingerprint density at radius 1 is 1.44 bits per heavy atom. The van der Waals surface area contributed by atoms with Crippen molar-refractivity contribution in [3.63, 3.8) is 0 Å². The predicted octanol–water partition coefficient (Wildman–Crippen LogP) is 1.81. The number of anilines is 1. The second-order valence-electron chi connectivity index (χ2n) is 3.14. The van der Waals surface area contributed by atoms with E-state index in [0.29, 0.717) is 0 Å². The largest absolute Gasteiger partial charge is 0.506 e. The molecule has 5 nitrogen and oxygen atoms in total. The maximum absolute atomic E-state index is 11.3. The minimum atomic E-state index is -1.14. The van der Waals surface area contributed by atoms with Crippen LogP contribution in [-0.2, 0) is 4.79 Å². The first-order valence-electron chi connectivity index (χ1n) is 4.43. The summed E-state index contributed by atoms with van der Waals surface area (Å²) in [4.78, 5) is 21.5. The number of benzene rings is 1. The maximum Gasteiger partial charge on any atom is 0.335 e. The molecule has 0 aliphatic heterocycles. The van der Waals surface area contributed by atoms with Crippen LogP contribution in [0.25, 0.3) is 0 Å². The SMILES string of the molecule is CC(Br)C(=O)Nc1ccc(C(=O)O)cc1O. The molecule has 1 aromatic carbocycles. The number of carboxylic acid groups (broad SMARTS) is 1. The van der Waals surface area contributed by atoms with Crippen LogP contribution in [0, 0.1) is 0 Å². The zero-order valence-electron chi connectivity index (χ0n) is 8.40. The summed E-state index contributed by atoms with van der Waals surface area (Å²) in [5.74, 6) is -1.73. The van der Waals surface area contributed by atoms with Crippen molar-refractivity contribution in [2.24, 2.45) is 0 Å². The quantitative estimate of drug-likeness (QED) is 0.585. The first-order chi connectivity index (χ1) is 7.41. The van der Waals surface area contributed by atoms with Gasteiger partial charge in [0.2, 0.25) is 5.91 Å². The lowest BCUT2D eigenvalue weighted by Crippen LogP contribution is -2.19.